The van der Waals surface area contributed by atoms with E-state index in [1.807, 2.05) is 16.7 Å². The summed E-state index contributed by atoms with van der Waals surface area (Å²) in [5.41, 5.74) is 2.87. The number of fused-ring (bicyclic) bond motifs is 2. The number of piperidine rings is 1. The molecule has 2 fully saturated rings. The Kier molecular flexibility index (Phi) is 7.73. The zero-order chi connectivity index (χ0) is 31.3. The molecule has 8 nitrogen and oxygen atoms in total. The van der Waals surface area contributed by atoms with Crippen LogP contribution in [0.15, 0.2) is 54.7 Å². The zero-order valence-electron chi connectivity index (χ0n) is 24.8. The van der Waals surface area contributed by atoms with Crippen LogP contribution in [0.5, 0.6) is 11.5 Å². The number of carboxylic acids is 1. The smallest absolute Gasteiger partial charge is 0.337 e. The molecule has 1 aliphatic carbocycles. The lowest BCUT2D eigenvalue weighted by Gasteiger charge is -2.34. The number of halogens is 3. The van der Waals surface area contributed by atoms with Gasteiger partial charge in [-0.25, -0.2) is 19.2 Å². The van der Waals surface area contributed by atoms with Crippen molar-refractivity contribution in [3.8, 4) is 11.5 Å². The van der Waals surface area contributed by atoms with E-state index in [-0.39, 0.29) is 17.3 Å². The second-order valence-electron chi connectivity index (χ2n) is 12.3. The molecule has 4 heterocycles. The Balaban J connectivity index is 1.11. The van der Waals surface area contributed by atoms with Crippen molar-refractivity contribution < 1.29 is 28.2 Å². The van der Waals surface area contributed by atoms with Gasteiger partial charge in [0.2, 0.25) is 0 Å². The molecule has 1 N–H and O–H groups in total. The summed E-state index contributed by atoms with van der Waals surface area (Å²) in [7, 11) is 1.55. The highest BCUT2D eigenvalue weighted by atomic mass is 35.5. The largest absolute Gasteiger partial charge is 0.496 e. The van der Waals surface area contributed by atoms with E-state index in [0.29, 0.717) is 51.9 Å². The average molecular weight is 635 g/mol. The Morgan fingerprint density at radius 1 is 1.18 bits per heavy atom. The number of rotatable bonds is 9. The monoisotopic (exact) mass is 634 g/mol. The number of imidazole rings is 1. The summed E-state index contributed by atoms with van der Waals surface area (Å²) in [6, 6.07) is 12.5. The maximum atomic E-state index is 15.5. The molecule has 45 heavy (non-hydrogen) atoms. The highest BCUT2D eigenvalue weighted by Crippen LogP contribution is 2.49. The quantitative estimate of drug-likeness (QED) is 0.206. The molecule has 7 rings (SSSR count). The van der Waals surface area contributed by atoms with Crippen LogP contribution in [-0.2, 0) is 13.1 Å². The number of hydrogen-bond donors (Lipinski definition) is 1. The number of methoxy groups -OCH3 is 1. The lowest BCUT2D eigenvalue weighted by molar-refractivity contribution is 0.0696. The Hall–Kier alpha value is -4.02. The third-order valence-corrected chi connectivity index (χ3v) is 9.64. The highest BCUT2D eigenvalue weighted by Gasteiger charge is 2.44. The summed E-state index contributed by atoms with van der Waals surface area (Å²) in [5, 5.41) is 10.0. The second kappa shape index (κ2) is 11.7. The minimum absolute atomic E-state index is 0.0811. The van der Waals surface area contributed by atoms with E-state index in [1.165, 1.54) is 12.3 Å². The van der Waals surface area contributed by atoms with Gasteiger partial charge in [-0.3, -0.25) is 9.29 Å². The molecule has 11 heteroatoms. The van der Waals surface area contributed by atoms with Crippen LogP contribution in [0, 0.1) is 5.41 Å². The van der Waals surface area contributed by atoms with Crippen molar-refractivity contribution in [2.75, 3.05) is 26.9 Å². The first-order valence-electron chi connectivity index (χ1n) is 15.1. The third-order valence-electron chi connectivity index (χ3n) is 9.41. The summed E-state index contributed by atoms with van der Waals surface area (Å²) in [4.78, 5) is 23.0. The van der Waals surface area contributed by atoms with Gasteiger partial charge in [-0.15, -0.1) is 0 Å². The minimum Gasteiger partial charge on any atom is -0.496 e. The number of hydrogen-bond acceptors (Lipinski definition) is 6. The first-order valence-corrected chi connectivity index (χ1v) is 15.5. The molecular weight excluding hydrogens is 602 g/mol. The van der Waals surface area contributed by atoms with Crippen molar-refractivity contribution in [3.63, 3.8) is 0 Å². The number of para-hydroxylation sites is 1. The van der Waals surface area contributed by atoms with E-state index in [9.17, 15) is 14.3 Å². The molecule has 1 unspecified atom stereocenters. The average Bonchev–Trinajstić information content (AvgIpc) is 3.75. The molecule has 1 saturated heterocycles. The predicted molar refractivity (Wildman–Crippen MR) is 166 cm³/mol. The maximum Gasteiger partial charge on any atom is 0.337 e. The first kappa shape index (κ1) is 29.7. The van der Waals surface area contributed by atoms with Gasteiger partial charge in [0, 0.05) is 28.7 Å². The molecular formula is C34H33ClF2N4O4. The van der Waals surface area contributed by atoms with Crippen molar-refractivity contribution in [1.82, 2.24) is 19.4 Å². The van der Waals surface area contributed by atoms with Gasteiger partial charge < -0.3 is 19.1 Å². The van der Waals surface area contributed by atoms with Crippen molar-refractivity contribution in [2.24, 2.45) is 5.41 Å². The standard InChI is InChI=1S/C34H33ClF2N4O4/c1-44-28-14-22(35)5-6-25(28)29-15-26(37)24-4-2-3-23(31(24)45-29)20-7-11-40(12-8-20)17-30-39-32-27(13-21(16-38-32)33(42)43)41(30)19-34(18-36)9-10-34/h2-6,13-16,20,29H,7-12,17-19H2,1H3,(H,42,43). The number of pyridine rings is 1. The van der Waals surface area contributed by atoms with Gasteiger partial charge in [0.1, 0.15) is 29.3 Å². The number of alkyl halides is 1. The van der Waals surface area contributed by atoms with Crippen molar-refractivity contribution in [2.45, 2.75) is 50.8 Å². The van der Waals surface area contributed by atoms with Crippen LogP contribution in [0.25, 0.3) is 17.0 Å². The molecule has 234 valence electrons. The van der Waals surface area contributed by atoms with Crippen LogP contribution in [-0.4, -0.2) is 57.4 Å². The van der Waals surface area contributed by atoms with E-state index in [2.05, 4.69) is 9.88 Å². The number of carboxylic acid groups (broad SMARTS) is 1. The fraction of sp³-hybridized carbons (Fsp3) is 0.382. The van der Waals surface area contributed by atoms with Gasteiger partial charge in [-0.2, -0.15) is 0 Å². The Morgan fingerprint density at radius 2 is 1.98 bits per heavy atom. The Bertz CT molecular complexity index is 1810. The fourth-order valence-electron chi connectivity index (χ4n) is 6.57. The van der Waals surface area contributed by atoms with Gasteiger partial charge in [-0.05, 0) is 86.7 Å². The number of aromatic carboxylic acids is 1. The molecule has 0 amide bonds. The van der Waals surface area contributed by atoms with Gasteiger partial charge in [0.15, 0.2) is 5.65 Å². The van der Waals surface area contributed by atoms with Crippen molar-refractivity contribution >= 4 is 34.6 Å². The summed E-state index contributed by atoms with van der Waals surface area (Å²) in [6.45, 7) is 2.10. The number of ether oxygens (including phenoxy) is 2. The molecule has 4 aromatic rings. The van der Waals surface area contributed by atoms with Crippen LogP contribution in [0.3, 0.4) is 0 Å². The predicted octanol–water partition coefficient (Wildman–Crippen LogP) is 7.36. The fourth-order valence-corrected chi connectivity index (χ4v) is 6.73. The van der Waals surface area contributed by atoms with E-state index < -0.39 is 24.2 Å². The summed E-state index contributed by atoms with van der Waals surface area (Å²) >= 11 is 6.16. The van der Waals surface area contributed by atoms with Crippen LogP contribution in [0.1, 0.15) is 70.6 Å². The molecule has 2 aromatic heterocycles. The van der Waals surface area contributed by atoms with Crippen LogP contribution in [0.4, 0.5) is 8.78 Å². The van der Waals surface area contributed by atoms with E-state index in [1.54, 1.807) is 37.4 Å². The first-order chi connectivity index (χ1) is 21.8. The molecule has 0 bridgehead atoms. The number of benzene rings is 2. The van der Waals surface area contributed by atoms with Gasteiger partial charge in [0.05, 0.1) is 37.0 Å². The van der Waals surface area contributed by atoms with Crippen LogP contribution in [0.2, 0.25) is 5.02 Å². The molecule has 2 aromatic carbocycles. The van der Waals surface area contributed by atoms with Crippen LogP contribution >= 0.6 is 11.6 Å². The van der Waals surface area contributed by atoms with Gasteiger partial charge in [0.25, 0.3) is 0 Å². The lowest BCUT2D eigenvalue weighted by Crippen LogP contribution is -2.34. The Labute approximate surface area is 264 Å². The summed E-state index contributed by atoms with van der Waals surface area (Å²) < 4.78 is 43.4. The Morgan fingerprint density at radius 3 is 2.69 bits per heavy atom. The second-order valence-corrected chi connectivity index (χ2v) is 12.8. The molecule has 3 aliphatic rings. The van der Waals surface area contributed by atoms with Crippen LogP contribution < -0.4 is 9.47 Å². The van der Waals surface area contributed by atoms with Gasteiger partial charge in [-0.1, -0.05) is 23.7 Å². The van der Waals surface area contributed by atoms with Gasteiger partial charge >= 0.3 is 5.97 Å². The summed E-state index contributed by atoms with van der Waals surface area (Å²) in [6.07, 6.45) is 5.37. The van der Waals surface area contributed by atoms with Crippen molar-refractivity contribution in [3.05, 3.63) is 87.8 Å². The minimum atomic E-state index is -1.06. The van der Waals surface area contributed by atoms with Crippen molar-refractivity contribution in [1.29, 1.82) is 0 Å². The zero-order valence-corrected chi connectivity index (χ0v) is 25.6. The number of carbonyl (C=O) groups is 1. The number of nitrogens with zero attached hydrogens (tertiary/aromatic N) is 4. The molecule has 0 radical (unpaired) electrons. The van der Waals surface area contributed by atoms with E-state index in [0.717, 1.165) is 50.2 Å². The lowest BCUT2D eigenvalue weighted by atomic mass is 9.86. The third kappa shape index (κ3) is 5.66. The SMILES string of the molecule is COc1cc(Cl)ccc1C1C=C(F)c2cccc(C3CCN(Cc4nc5ncc(C(=O)O)cc5n4CC4(CF)CC4)CC3)c2O1. The molecule has 0 spiro atoms. The highest BCUT2D eigenvalue weighted by molar-refractivity contribution is 6.30. The summed E-state index contributed by atoms with van der Waals surface area (Å²) in [5.74, 6) is 0.609. The molecule has 1 atom stereocenters. The maximum absolute atomic E-state index is 15.5. The topological polar surface area (TPSA) is 89.7 Å². The van der Waals surface area contributed by atoms with E-state index >= 15 is 4.39 Å². The van der Waals surface area contributed by atoms with E-state index in [4.69, 9.17) is 26.1 Å². The molecule has 1 saturated carbocycles. The number of likely N-dealkylation sites (tertiary alicyclic amines) is 1. The normalized spacial score (nSPS) is 19.6. The number of aromatic nitrogens is 3. The molecule has 2 aliphatic heterocycles.